The number of primary amides is 1. The topological polar surface area (TPSA) is 150 Å². The van der Waals surface area contributed by atoms with Crippen LogP contribution in [0.3, 0.4) is 0 Å². The van der Waals surface area contributed by atoms with Crippen LogP contribution < -0.4 is 29.7 Å². The van der Waals surface area contributed by atoms with Gasteiger partial charge in [0.05, 0.1) is 31.0 Å². The van der Waals surface area contributed by atoms with E-state index < -0.39 is 28.4 Å². The van der Waals surface area contributed by atoms with Crippen molar-refractivity contribution >= 4 is 33.7 Å². The van der Waals surface area contributed by atoms with E-state index in [0.717, 1.165) is 4.31 Å². The first-order chi connectivity index (χ1) is 17.7. The number of anilines is 1. The highest BCUT2D eigenvalue weighted by Gasteiger charge is 2.29. The van der Waals surface area contributed by atoms with Crippen molar-refractivity contribution in [1.29, 1.82) is 0 Å². The summed E-state index contributed by atoms with van der Waals surface area (Å²) in [5.74, 6) is -0.0711. The van der Waals surface area contributed by atoms with Gasteiger partial charge < -0.3 is 19.9 Å². The number of nitrogens with zero attached hydrogens (tertiary/aromatic N) is 2. The highest BCUT2D eigenvalue weighted by Crippen LogP contribution is 2.32. The van der Waals surface area contributed by atoms with Crippen molar-refractivity contribution in [3.05, 3.63) is 78.4 Å². The monoisotopic (exact) mass is 526 g/mol. The lowest BCUT2D eigenvalue weighted by atomic mass is 10.2. The van der Waals surface area contributed by atoms with Gasteiger partial charge in [-0.05, 0) is 66.2 Å². The number of ether oxygens (including phenoxy) is 3. The molecule has 0 unspecified atom stereocenters. The molecule has 0 aliphatic carbocycles. The fourth-order valence-electron chi connectivity index (χ4n) is 3.16. The zero-order valence-electron chi connectivity index (χ0n) is 20.2. The molecule has 3 aromatic carbocycles. The third-order valence-electron chi connectivity index (χ3n) is 4.95. The highest BCUT2D eigenvalue weighted by molar-refractivity contribution is 7.92. The molecule has 11 nitrogen and oxygen atoms in total. The first-order valence-corrected chi connectivity index (χ1v) is 12.3. The second-order valence-electron chi connectivity index (χ2n) is 7.48. The van der Waals surface area contributed by atoms with Crippen LogP contribution in [0.15, 0.2) is 82.8 Å². The van der Waals surface area contributed by atoms with E-state index in [1.807, 2.05) is 0 Å². The van der Waals surface area contributed by atoms with Gasteiger partial charge in [0.2, 0.25) is 0 Å². The van der Waals surface area contributed by atoms with Gasteiger partial charge in [0.1, 0.15) is 23.8 Å². The van der Waals surface area contributed by atoms with Gasteiger partial charge in [0.15, 0.2) is 6.61 Å². The Bertz CT molecular complexity index is 1360. The third-order valence-corrected chi connectivity index (χ3v) is 6.73. The standard InChI is InChI=1S/C25H26N4O7S/c1-34-19-11-13-21(14-12-19)37(32,33)29(22-5-3-4-6-23(22)35-2)16-25(31)28-27-15-18-7-9-20(10-8-18)36-17-24(26)30/h3-15H,16-17H2,1-2H3,(H2,26,30)(H,28,31)/b27-15-. The highest BCUT2D eigenvalue weighted by atomic mass is 32.2. The number of para-hydroxylation sites is 2. The third kappa shape index (κ3) is 7.21. The maximum Gasteiger partial charge on any atom is 0.264 e. The average Bonchev–Trinajstić information content (AvgIpc) is 2.91. The zero-order valence-corrected chi connectivity index (χ0v) is 21.0. The van der Waals surface area contributed by atoms with Crippen molar-refractivity contribution in [1.82, 2.24) is 5.43 Å². The molecule has 3 aromatic rings. The van der Waals surface area contributed by atoms with Crippen molar-refractivity contribution in [3.8, 4) is 17.2 Å². The predicted octanol–water partition coefficient (Wildman–Crippen LogP) is 1.91. The number of hydrogen-bond acceptors (Lipinski definition) is 8. The second kappa shape index (κ2) is 12.4. The lowest BCUT2D eigenvalue weighted by molar-refractivity contribution is -0.120. The number of amides is 2. The molecule has 2 amide bonds. The van der Waals surface area contributed by atoms with Gasteiger partial charge in [0.25, 0.3) is 21.8 Å². The molecule has 12 heteroatoms. The molecular formula is C25H26N4O7S. The number of benzene rings is 3. The van der Waals surface area contributed by atoms with E-state index in [9.17, 15) is 18.0 Å². The number of hydrazone groups is 1. The number of sulfonamides is 1. The van der Waals surface area contributed by atoms with E-state index in [1.165, 1.54) is 50.8 Å². The van der Waals surface area contributed by atoms with Crippen molar-refractivity contribution in [3.63, 3.8) is 0 Å². The number of methoxy groups -OCH3 is 2. The van der Waals surface area contributed by atoms with Gasteiger partial charge in [-0.1, -0.05) is 12.1 Å². The van der Waals surface area contributed by atoms with Crippen LogP contribution in [0.5, 0.6) is 17.2 Å². The van der Waals surface area contributed by atoms with Crippen molar-refractivity contribution < 1.29 is 32.2 Å². The van der Waals surface area contributed by atoms with Crippen LogP contribution in [0.25, 0.3) is 0 Å². The Balaban J connectivity index is 1.78. The first kappa shape index (κ1) is 27.0. The Morgan fingerprint density at radius 1 is 0.946 bits per heavy atom. The van der Waals surface area contributed by atoms with Gasteiger partial charge >= 0.3 is 0 Å². The molecule has 0 spiro atoms. The minimum absolute atomic E-state index is 0.0332. The molecule has 0 saturated heterocycles. The Kier molecular flexibility index (Phi) is 9.05. The Morgan fingerprint density at radius 2 is 1.59 bits per heavy atom. The molecule has 0 heterocycles. The van der Waals surface area contributed by atoms with Crippen LogP contribution in [-0.4, -0.2) is 53.8 Å². The van der Waals surface area contributed by atoms with E-state index in [2.05, 4.69) is 10.5 Å². The minimum Gasteiger partial charge on any atom is -0.497 e. The molecule has 0 aromatic heterocycles. The molecule has 3 rings (SSSR count). The molecule has 0 radical (unpaired) electrons. The molecule has 0 aliphatic rings. The van der Waals surface area contributed by atoms with Crippen LogP contribution in [0, 0.1) is 0 Å². The maximum atomic E-state index is 13.5. The predicted molar refractivity (Wildman–Crippen MR) is 137 cm³/mol. The fraction of sp³-hybridized carbons (Fsp3) is 0.160. The summed E-state index contributed by atoms with van der Waals surface area (Å²) >= 11 is 0. The van der Waals surface area contributed by atoms with E-state index >= 15 is 0 Å². The fourth-order valence-corrected chi connectivity index (χ4v) is 4.59. The Morgan fingerprint density at radius 3 is 2.22 bits per heavy atom. The number of nitrogens with two attached hydrogens (primary N) is 1. The van der Waals surface area contributed by atoms with Gasteiger partial charge in [-0.3, -0.25) is 13.9 Å². The SMILES string of the molecule is COc1ccc(S(=O)(=O)N(CC(=O)N/N=C\c2ccc(OCC(N)=O)cc2)c2ccccc2OC)cc1. The molecular weight excluding hydrogens is 500 g/mol. The van der Waals surface area contributed by atoms with Crippen LogP contribution in [-0.2, 0) is 19.6 Å². The van der Waals surface area contributed by atoms with Crippen molar-refractivity contribution in [2.75, 3.05) is 31.7 Å². The average molecular weight is 527 g/mol. The summed E-state index contributed by atoms with van der Waals surface area (Å²) in [5, 5.41) is 3.90. The summed E-state index contributed by atoms with van der Waals surface area (Å²) < 4.78 is 43.6. The maximum absolute atomic E-state index is 13.5. The Labute approximate surface area is 214 Å². The number of nitrogens with one attached hydrogen (secondary N) is 1. The molecule has 194 valence electrons. The van der Waals surface area contributed by atoms with Crippen LogP contribution in [0.2, 0.25) is 0 Å². The largest absolute Gasteiger partial charge is 0.497 e. The molecule has 37 heavy (non-hydrogen) atoms. The lowest BCUT2D eigenvalue weighted by Crippen LogP contribution is -2.39. The van der Waals surface area contributed by atoms with E-state index in [-0.39, 0.29) is 22.9 Å². The first-order valence-electron chi connectivity index (χ1n) is 10.9. The van der Waals surface area contributed by atoms with Gasteiger partial charge in [-0.15, -0.1) is 0 Å². The summed E-state index contributed by atoms with van der Waals surface area (Å²) in [4.78, 5) is 23.5. The molecule has 0 saturated carbocycles. The van der Waals surface area contributed by atoms with Gasteiger partial charge in [0, 0.05) is 0 Å². The van der Waals surface area contributed by atoms with E-state index in [0.29, 0.717) is 17.1 Å². The number of hydrogen-bond donors (Lipinski definition) is 2. The Hall–Kier alpha value is -4.58. The molecule has 3 N–H and O–H groups in total. The summed E-state index contributed by atoms with van der Waals surface area (Å²) in [5.41, 5.74) is 8.19. The molecule has 0 aliphatic heterocycles. The van der Waals surface area contributed by atoms with Crippen LogP contribution in [0.4, 0.5) is 5.69 Å². The second-order valence-corrected chi connectivity index (χ2v) is 9.34. The normalized spacial score (nSPS) is 11.1. The van der Waals surface area contributed by atoms with Crippen molar-refractivity contribution in [2.24, 2.45) is 10.8 Å². The van der Waals surface area contributed by atoms with E-state index in [4.69, 9.17) is 19.9 Å². The van der Waals surface area contributed by atoms with Crippen LogP contribution >= 0.6 is 0 Å². The van der Waals surface area contributed by atoms with Gasteiger partial charge in [-0.25, -0.2) is 13.8 Å². The molecule has 0 fully saturated rings. The molecule has 0 bridgehead atoms. The quantitative estimate of drug-likeness (QED) is 0.270. The van der Waals surface area contributed by atoms with Gasteiger partial charge in [-0.2, -0.15) is 5.10 Å². The van der Waals surface area contributed by atoms with Crippen LogP contribution in [0.1, 0.15) is 5.56 Å². The lowest BCUT2D eigenvalue weighted by Gasteiger charge is -2.25. The summed E-state index contributed by atoms with van der Waals surface area (Å²) in [6.07, 6.45) is 1.38. The summed E-state index contributed by atoms with van der Waals surface area (Å²) in [6, 6.07) is 18.8. The minimum atomic E-state index is -4.16. The molecule has 0 atom stereocenters. The van der Waals surface area contributed by atoms with E-state index in [1.54, 1.807) is 42.5 Å². The number of rotatable bonds is 12. The summed E-state index contributed by atoms with van der Waals surface area (Å²) in [7, 11) is -1.28. The summed E-state index contributed by atoms with van der Waals surface area (Å²) in [6.45, 7) is -0.808. The smallest absolute Gasteiger partial charge is 0.264 e. The zero-order chi connectivity index (χ0) is 26.8. The number of carbonyl (C=O) groups excluding carboxylic acids is 2. The number of carbonyl (C=O) groups is 2. The van der Waals surface area contributed by atoms with Crippen molar-refractivity contribution in [2.45, 2.75) is 4.90 Å².